The molecule has 0 aliphatic heterocycles. The van der Waals surface area contributed by atoms with Gasteiger partial charge in [0.05, 0.1) is 11.1 Å². The number of alkyl halides is 1. The van der Waals surface area contributed by atoms with Gasteiger partial charge in [-0.15, -0.1) is 0 Å². The second-order valence-electron chi connectivity index (χ2n) is 7.13. The number of carbonyl (C=O) groups is 2. The number of rotatable bonds is 3. The Kier molecular flexibility index (Phi) is 6.44. The van der Waals surface area contributed by atoms with Crippen molar-refractivity contribution in [1.82, 2.24) is 0 Å². The molecule has 1 rings (SSSR count). The fraction of sp³-hybridized carbons (Fsp3) is 0.529. The standard InChI is InChI=1S/C17H22Br2O4/c1-16(2,3)22-14(20)11-8-13(19)12(7-10(11)9-18)15(21)23-17(4,5)6/h7-8H,9H2,1-6H3. The minimum absolute atomic E-state index is 0.377. The molecule has 0 saturated carbocycles. The van der Waals surface area contributed by atoms with E-state index in [2.05, 4.69) is 31.9 Å². The lowest BCUT2D eigenvalue weighted by molar-refractivity contribution is 0.00501. The third-order valence-corrected chi connectivity index (χ3v) is 3.83. The number of esters is 2. The number of benzene rings is 1. The average molecular weight is 450 g/mol. The molecule has 0 atom stereocenters. The lowest BCUT2D eigenvalue weighted by atomic mass is 10.0. The Morgan fingerprint density at radius 3 is 1.74 bits per heavy atom. The van der Waals surface area contributed by atoms with Gasteiger partial charge >= 0.3 is 11.9 Å². The predicted molar refractivity (Wildman–Crippen MR) is 97.1 cm³/mol. The van der Waals surface area contributed by atoms with Crippen LogP contribution in [0.5, 0.6) is 0 Å². The van der Waals surface area contributed by atoms with Crippen LogP contribution in [0.15, 0.2) is 16.6 Å². The second kappa shape index (κ2) is 7.34. The quantitative estimate of drug-likeness (QED) is 0.466. The molecule has 0 aliphatic carbocycles. The van der Waals surface area contributed by atoms with Gasteiger partial charge < -0.3 is 9.47 Å². The van der Waals surface area contributed by atoms with E-state index in [0.717, 1.165) is 0 Å². The highest BCUT2D eigenvalue weighted by Crippen LogP contribution is 2.27. The zero-order valence-corrected chi connectivity index (χ0v) is 17.4. The molecule has 0 aliphatic rings. The van der Waals surface area contributed by atoms with Crippen LogP contribution in [0.25, 0.3) is 0 Å². The van der Waals surface area contributed by atoms with E-state index >= 15 is 0 Å². The molecule has 0 radical (unpaired) electrons. The monoisotopic (exact) mass is 448 g/mol. The Morgan fingerprint density at radius 2 is 1.35 bits per heavy atom. The molecule has 0 amide bonds. The Balaban J connectivity index is 3.22. The summed E-state index contributed by atoms with van der Waals surface area (Å²) in [7, 11) is 0. The molecule has 0 saturated heterocycles. The van der Waals surface area contributed by atoms with Crippen molar-refractivity contribution in [3.05, 3.63) is 33.3 Å². The maximum atomic E-state index is 12.3. The first-order chi connectivity index (χ1) is 10.3. The average Bonchev–Trinajstić information content (AvgIpc) is 2.34. The largest absolute Gasteiger partial charge is 0.456 e. The van der Waals surface area contributed by atoms with Gasteiger partial charge in [0.25, 0.3) is 0 Å². The van der Waals surface area contributed by atoms with Crippen LogP contribution >= 0.6 is 31.9 Å². The first kappa shape index (κ1) is 20.2. The zero-order chi connectivity index (χ0) is 18.0. The summed E-state index contributed by atoms with van der Waals surface area (Å²) in [6.45, 7) is 10.8. The highest BCUT2D eigenvalue weighted by Gasteiger charge is 2.25. The van der Waals surface area contributed by atoms with Crippen molar-refractivity contribution in [1.29, 1.82) is 0 Å². The van der Waals surface area contributed by atoms with E-state index in [4.69, 9.17) is 9.47 Å². The molecule has 0 unspecified atom stereocenters. The minimum Gasteiger partial charge on any atom is -0.456 e. The summed E-state index contributed by atoms with van der Waals surface area (Å²) in [5.74, 6) is -0.870. The topological polar surface area (TPSA) is 52.6 Å². The van der Waals surface area contributed by atoms with E-state index in [9.17, 15) is 9.59 Å². The van der Waals surface area contributed by atoms with E-state index in [0.29, 0.717) is 26.5 Å². The fourth-order valence-electron chi connectivity index (χ4n) is 1.74. The van der Waals surface area contributed by atoms with Crippen LogP contribution < -0.4 is 0 Å². The maximum Gasteiger partial charge on any atom is 0.339 e. The van der Waals surface area contributed by atoms with E-state index in [1.807, 2.05) is 20.8 Å². The second-order valence-corrected chi connectivity index (χ2v) is 8.54. The van der Waals surface area contributed by atoms with Crippen LogP contribution in [-0.4, -0.2) is 23.1 Å². The summed E-state index contributed by atoms with van der Waals surface area (Å²) in [6, 6.07) is 3.25. The fourth-order valence-corrected chi connectivity index (χ4v) is 2.71. The summed E-state index contributed by atoms with van der Waals surface area (Å²) in [5.41, 5.74) is 0.285. The van der Waals surface area contributed by atoms with Crippen LogP contribution in [0.3, 0.4) is 0 Å². The van der Waals surface area contributed by atoms with Gasteiger partial charge in [0.2, 0.25) is 0 Å². The predicted octanol–water partition coefficient (Wildman–Crippen LogP) is 5.25. The van der Waals surface area contributed by atoms with Crippen molar-refractivity contribution in [2.45, 2.75) is 58.1 Å². The van der Waals surface area contributed by atoms with E-state index in [1.165, 1.54) is 0 Å². The Labute approximate surface area is 154 Å². The molecule has 0 fully saturated rings. The molecule has 0 N–H and O–H groups in total. The van der Waals surface area contributed by atoms with Crippen molar-refractivity contribution >= 4 is 43.8 Å². The first-order valence-electron chi connectivity index (χ1n) is 7.19. The number of halogens is 2. The summed E-state index contributed by atoms with van der Waals surface area (Å²) in [4.78, 5) is 24.6. The molecule has 0 spiro atoms. The summed E-state index contributed by atoms with van der Waals surface area (Å²) in [5, 5.41) is 0.421. The summed E-state index contributed by atoms with van der Waals surface area (Å²) >= 11 is 6.69. The van der Waals surface area contributed by atoms with Gasteiger partial charge in [-0.25, -0.2) is 9.59 Å². The lowest BCUT2D eigenvalue weighted by Crippen LogP contribution is -2.26. The van der Waals surface area contributed by atoms with Crippen LogP contribution in [0.1, 0.15) is 67.8 Å². The van der Waals surface area contributed by atoms with E-state index < -0.39 is 23.1 Å². The number of carbonyl (C=O) groups excluding carboxylic acids is 2. The number of ether oxygens (including phenoxy) is 2. The van der Waals surface area contributed by atoms with E-state index in [1.54, 1.807) is 32.9 Å². The maximum absolute atomic E-state index is 12.3. The Hall–Kier alpha value is -0.880. The zero-order valence-electron chi connectivity index (χ0n) is 14.3. The highest BCUT2D eigenvalue weighted by molar-refractivity contribution is 9.10. The van der Waals surface area contributed by atoms with Crippen molar-refractivity contribution in [2.75, 3.05) is 0 Å². The Bertz CT molecular complexity index is 610. The number of hydrogen-bond acceptors (Lipinski definition) is 4. The van der Waals surface area contributed by atoms with Crippen molar-refractivity contribution < 1.29 is 19.1 Å². The van der Waals surface area contributed by atoms with Gasteiger partial charge in [-0.05, 0) is 75.2 Å². The molecular weight excluding hydrogens is 428 g/mol. The summed E-state index contributed by atoms with van der Waals surface area (Å²) in [6.07, 6.45) is 0. The molecule has 128 valence electrons. The van der Waals surface area contributed by atoms with E-state index in [-0.39, 0.29) is 0 Å². The normalized spacial score (nSPS) is 12.0. The third kappa shape index (κ3) is 6.26. The number of hydrogen-bond donors (Lipinski definition) is 0. The van der Waals surface area contributed by atoms with Gasteiger partial charge in [0.1, 0.15) is 11.2 Å². The molecule has 1 aromatic rings. The SMILES string of the molecule is CC(C)(C)OC(=O)c1cc(CBr)c(C(=O)OC(C)(C)C)cc1Br. The van der Waals surface area contributed by atoms with Gasteiger partial charge in [0.15, 0.2) is 0 Å². The summed E-state index contributed by atoms with van der Waals surface area (Å²) < 4.78 is 11.3. The molecule has 0 heterocycles. The third-order valence-electron chi connectivity index (χ3n) is 2.57. The lowest BCUT2D eigenvalue weighted by Gasteiger charge is -2.22. The van der Waals surface area contributed by atoms with Gasteiger partial charge in [-0.1, -0.05) is 15.9 Å². The van der Waals surface area contributed by atoms with Gasteiger partial charge in [-0.2, -0.15) is 0 Å². The molecule has 0 aromatic heterocycles. The van der Waals surface area contributed by atoms with Crippen LogP contribution in [0.2, 0.25) is 0 Å². The Morgan fingerprint density at radius 1 is 0.913 bits per heavy atom. The molecule has 0 bridgehead atoms. The van der Waals surface area contributed by atoms with Gasteiger partial charge in [-0.3, -0.25) is 0 Å². The van der Waals surface area contributed by atoms with Crippen molar-refractivity contribution in [3.8, 4) is 0 Å². The van der Waals surface area contributed by atoms with Crippen LogP contribution in [-0.2, 0) is 14.8 Å². The molecule has 6 heteroatoms. The molecule has 4 nitrogen and oxygen atoms in total. The highest BCUT2D eigenvalue weighted by atomic mass is 79.9. The molecule has 1 aromatic carbocycles. The minimum atomic E-state index is -0.588. The van der Waals surface area contributed by atoms with Gasteiger partial charge in [0, 0.05) is 9.80 Å². The van der Waals surface area contributed by atoms with Crippen molar-refractivity contribution in [3.63, 3.8) is 0 Å². The van der Waals surface area contributed by atoms with Crippen molar-refractivity contribution in [2.24, 2.45) is 0 Å². The van der Waals surface area contributed by atoms with Crippen LogP contribution in [0.4, 0.5) is 0 Å². The molecule has 23 heavy (non-hydrogen) atoms. The molecular formula is C17H22Br2O4. The smallest absolute Gasteiger partial charge is 0.339 e. The van der Waals surface area contributed by atoms with Crippen LogP contribution in [0, 0.1) is 0 Å². The first-order valence-corrected chi connectivity index (χ1v) is 9.10.